The summed E-state index contributed by atoms with van der Waals surface area (Å²) in [5, 5.41) is 0. The average Bonchev–Trinajstić information content (AvgIpc) is 3.09. The Hall–Kier alpha value is -0.900. The maximum Gasteiger partial charge on any atom is 0.257 e. The van der Waals surface area contributed by atoms with Crippen molar-refractivity contribution in [2.24, 2.45) is 0 Å². The fourth-order valence-electron chi connectivity index (χ4n) is 1.89. The Balaban J connectivity index is 2.22. The Morgan fingerprint density at radius 2 is 2.24 bits per heavy atom. The second-order valence-electron chi connectivity index (χ2n) is 4.35. The molecule has 1 amide bonds. The molecule has 0 unspecified atom stereocenters. The highest BCUT2D eigenvalue weighted by Gasteiger charge is 2.33. The number of rotatable bonds is 4. The molecule has 1 aromatic carbocycles. The largest absolute Gasteiger partial charge is 0.336 e. The molecule has 1 saturated carbocycles. The number of amides is 1. The van der Waals surface area contributed by atoms with Crippen LogP contribution in [0.2, 0.25) is 0 Å². The minimum atomic E-state index is -0.453. The van der Waals surface area contributed by atoms with Crippen molar-refractivity contribution in [3.05, 3.63) is 34.1 Å². The summed E-state index contributed by atoms with van der Waals surface area (Å²) >= 11 is 3.19. The van der Waals surface area contributed by atoms with Gasteiger partial charge >= 0.3 is 0 Å². The van der Waals surface area contributed by atoms with Gasteiger partial charge in [-0.25, -0.2) is 4.39 Å². The molecule has 0 bridgehead atoms. The molecule has 0 N–H and O–H groups in total. The van der Waals surface area contributed by atoms with Gasteiger partial charge in [-0.15, -0.1) is 0 Å². The fraction of sp³-hybridized carbons (Fsp3) is 0.462. The summed E-state index contributed by atoms with van der Waals surface area (Å²) in [7, 11) is 0. The van der Waals surface area contributed by atoms with Gasteiger partial charge in [0.05, 0.1) is 5.56 Å². The van der Waals surface area contributed by atoms with Crippen LogP contribution in [0.25, 0.3) is 0 Å². The zero-order chi connectivity index (χ0) is 12.4. The summed E-state index contributed by atoms with van der Waals surface area (Å²) in [6, 6.07) is 4.91. The Kier molecular flexibility index (Phi) is 3.82. The molecular formula is C13H15BrFNO. The standard InChI is InChI=1S/C13H15BrFNO/c1-2-7-16(10-4-5-10)13(17)11-6-3-9(14)8-12(11)15/h3,6,8,10H,2,4-5,7H2,1H3. The molecule has 2 rings (SSSR count). The van der Waals surface area contributed by atoms with Crippen LogP contribution in [0.5, 0.6) is 0 Å². The first-order valence-corrected chi connectivity index (χ1v) is 6.68. The van der Waals surface area contributed by atoms with Crippen molar-refractivity contribution in [3.8, 4) is 0 Å². The van der Waals surface area contributed by atoms with Crippen molar-refractivity contribution in [1.29, 1.82) is 0 Å². The van der Waals surface area contributed by atoms with Gasteiger partial charge in [0.15, 0.2) is 0 Å². The van der Waals surface area contributed by atoms with Crippen LogP contribution in [0.3, 0.4) is 0 Å². The number of carbonyl (C=O) groups is 1. The number of hydrogen-bond acceptors (Lipinski definition) is 1. The SMILES string of the molecule is CCCN(C(=O)c1ccc(Br)cc1F)C1CC1. The van der Waals surface area contributed by atoms with Crippen LogP contribution in [-0.4, -0.2) is 23.4 Å². The highest BCUT2D eigenvalue weighted by molar-refractivity contribution is 9.10. The predicted octanol–water partition coefficient (Wildman–Crippen LogP) is 3.60. The lowest BCUT2D eigenvalue weighted by Crippen LogP contribution is -2.34. The van der Waals surface area contributed by atoms with E-state index in [-0.39, 0.29) is 11.5 Å². The molecule has 0 atom stereocenters. The van der Waals surface area contributed by atoms with E-state index in [2.05, 4.69) is 15.9 Å². The molecule has 92 valence electrons. The van der Waals surface area contributed by atoms with E-state index in [0.717, 1.165) is 19.3 Å². The van der Waals surface area contributed by atoms with Crippen molar-refractivity contribution >= 4 is 21.8 Å². The van der Waals surface area contributed by atoms with Crippen LogP contribution < -0.4 is 0 Å². The number of benzene rings is 1. The van der Waals surface area contributed by atoms with Crippen molar-refractivity contribution < 1.29 is 9.18 Å². The Bertz CT molecular complexity index is 431. The summed E-state index contributed by atoms with van der Waals surface area (Å²) in [5.74, 6) is -0.634. The third kappa shape index (κ3) is 2.86. The lowest BCUT2D eigenvalue weighted by atomic mass is 10.1. The molecule has 0 radical (unpaired) electrons. The normalized spacial score (nSPS) is 14.8. The molecule has 0 aromatic heterocycles. The Labute approximate surface area is 109 Å². The van der Waals surface area contributed by atoms with Crippen LogP contribution in [0.1, 0.15) is 36.5 Å². The maximum absolute atomic E-state index is 13.7. The third-order valence-corrected chi connectivity index (χ3v) is 3.37. The number of carbonyl (C=O) groups excluding carboxylic acids is 1. The van der Waals surface area contributed by atoms with Gasteiger partial charge in [0.25, 0.3) is 5.91 Å². The first kappa shape index (κ1) is 12.6. The smallest absolute Gasteiger partial charge is 0.257 e. The maximum atomic E-state index is 13.7. The van der Waals surface area contributed by atoms with Gasteiger partial charge in [-0.3, -0.25) is 4.79 Å². The second kappa shape index (κ2) is 5.17. The summed E-state index contributed by atoms with van der Waals surface area (Å²) in [4.78, 5) is 14.0. The average molecular weight is 300 g/mol. The molecule has 0 saturated heterocycles. The van der Waals surface area contributed by atoms with Crippen molar-refractivity contribution in [1.82, 2.24) is 4.90 Å². The van der Waals surface area contributed by atoms with E-state index in [1.54, 1.807) is 17.0 Å². The summed E-state index contributed by atoms with van der Waals surface area (Å²) in [6.07, 6.45) is 2.99. The monoisotopic (exact) mass is 299 g/mol. The second-order valence-corrected chi connectivity index (χ2v) is 5.27. The van der Waals surface area contributed by atoms with Gasteiger partial charge in [0, 0.05) is 17.1 Å². The molecule has 1 aromatic rings. The van der Waals surface area contributed by atoms with Gasteiger partial charge < -0.3 is 4.90 Å². The number of halogens is 2. The van der Waals surface area contributed by atoms with Crippen LogP contribution in [0.4, 0.5) is 4.39 Å². The summed E-state index contributed by atoms with van der Waals surface area (Å²) in [6.45, 7) is 2.74. The zero-order valence-corrected chi connectivity index (χ0v) is 11.3. The summed E-state index contributed by atoms with van der Waals surface area (Å²) in [5.41, 5.74) is 0.175. The predicted molar refractivity (Wildman–Crippen MR) is 68.4 cm³/mol. The zero-order valence-electron chi connectivity index (χ0n) is 9.75. The van der Waals surface area contributed by atoms with Crippen LogP contribution >= 0.6 is 15.9 Å². The first-order valence-electron chi connectivity index (χ1n) is 5.89. The Morgan fingerprint density at radius 1 is 1.53 bits per heavy atom. The highest BCUT2D eigenvalue weighted by atomic mass is 79.9. The minimum absolute atomic E-state index is 0.175. The molecule has 4 heteroatoms. The molecule has 2 nitrogen and oxygen atoms in total. The lowest BCUT2D eigenvalue weighted by Gasteiger charge is -2.22. The molecule has 1 aliphatic carbocycles. The first-order chi connectivity index (χ1) is 8.13. The quantitative estimate of drug-likeness (QED) is 0.832. The molecule has 0 spiro atoms. The topological polar surface area (TPSA) is 20.3 Å². The van der Waals surface area contributed by atoms with E-state index in [9.17, 15) is 9.18 Å². The highest BCUT2D eigenvalue weighted by Crippen LogP contribution is 2.29. The van der Waals surface area contributed by atoms with Gasteiger partial charge in [0.1, 0.15) is 5.82 Å². The summed E-state index contributed by atoms with van der Waals surface area (Å²) < 4.78 is 14.4. The number of hydrogen-bond donors (Lipinski definition) is 0. The van der Waals surface area contributed by atoms with Crippen LogP contribution in [0, 0.1) is 5.82 Å². The van der Waals surface area contributed by atoms with Gasteiger partial charge in [0.2, 0.25) is 0 Å². The molecular weight excluding hydrogens is 285 g/mol. The Morgan fingerprint density at radius 3 is 2.76 bits per heavy atom. The fourth-order valence-corrected chi connectivity index (χ4v) is 2.23. The van der Waals surface area contributed by atoms with Crippen LogP contribution in [-0.2, 0) is 0 Å². The van der Waals surface area contributed by atoms with E-state index in [0.29, 0.717) is 17.1 Å². The molecule has 0 heterocycles. The lowest BCUT2D eigenvalue weighted by molar-refractivity contribution is 0.0738. The van der Waals surface area contributed by atoms with E-state index < -0.39 is 5.82 Å². The van der Waals surface area contributed by atoms with Gasteiger partial charge in [-0.1, -0.05) is 22.9 Å². The third-order valence-electron chi connectivity index (χ3n) is 2.87. The van der Waals surface area contributed by atoms with Crippen molar-refractivity contribution in [2.75, 3.05) is 6.54 Å². The van der Waals surface area contributed by atoms with E-state index in [1.807, 2.05) is 6.92 Å². The van der Waals surface area contributed by atoms with E-state index >= 15 is 0 Å². The molecule has 1 fully saturated rings. The molecule has 1 aliphatic rings. The van der Waals surface area contributed by atoms with E-state index in [1.165, 1.54) is 6.07 Å². The van der Waals surface area contributed by atoms with Crippen molar-refractivity contribution in [2.45, 2.75) is 32.2 Å². The van der Waals surface area contributed by atoms with Crippen LogP contribution in [0.15, 0.2) is 22.7 Å². The van der Waals surface area contributed by atoms with Gasteiger partial charge in [-0.2, -0.15) is 0 Å². The molecule has 17 heavy (non-hydrogen) atoms. The van der Waals surface area contributed by atoms with E-state index in [4.69, 9.17) is 0 Å². The molecule has 0 aliphatic heterocycles. The van der Waals surface area contributed by atoms with Crippen molar-refractivity contribution in [3.63, 3.8) is 0 Å². The van der Waals surface area contributed by atoms with Gasteiger partial charge in [-0.05, 0) is 37.5 Å². The minimum Gasteiger partial charge on any atom is -0.336 e. The number of nitrogens with zero attached hydrogens (tertiary/aromatic N) is 1.